The Morgan fingerprint density at radius 3 is 2.55 bits per heavy atom. The van der Waals surface area contributed by atoms with Gasteiger partial charge in [0.2, 0.25) is 5.95 Å². The van der Waals surface area contributed by atoms with Gasteiger partial charge in [-0.25, -0.2) is 14.4 Å². The number of aliphatic imine (C=N–C) groups is 1. The van der Waals surface area contributed by atoms with Gasteiger partial charge in [0.25, 0.3) is 5.91 Å². The fourth-order valence-corrected chi connectivity index (χ4v) is 4.84. The summed E-state index contributed by atoms with van der Waals surface area (Å²) in [5.41, 5.74) is 6.24. The molecule has 1 aliphatic rings. The Bertz CT molecular complexity index is 1760. The van der Waals surface area contributed by atoms with E-state index in [0.29, 0.717) is 52.0 Å². The van der Waals surface area contributed by atoms with Gasteiger partial charge in [0.1, 0.15) is 5.82 Å². The molecule has 0 radical (unpaired) electrons. The first-order valence-electron chi connectivity index (χ1n) is 13.0. The number of amides is 1. The molecule has 0 atom stereocenters. The van der Waals surface area contributed by atoms with Crippen LogP contribution in [-0.2, 0) is 13.0 Å². The largest absolute Gasteiger partial charge is 0.352 e. The van der Waals surface area contributed by atoms with Gasteiger partial charge >= 0.3 is 0 Å². The molecule has 210 valence electrons. The fourth-order valence-electron chi connectivity index (χ4n) is 4.67. The number of rotatable bonds is 7. The predicted octanol–water partition coefficient (Wildman–Crippen LogP) is 7.03. The Balaban J connectivity index is 0.00000353. The van der Waals surface area contributed by atoms with Crippen LogP contribution in [0.15, 0.2) is 102 Å². The minimum Gasteiger partial charge on any atom is -0.352 e. The molecule has 0 unspecified atom stereocenters. The lowest BCUT2D eigenvalue weighted by Gasteiger charge is -2.13. The van der Waals surface area contributed by atoms with Crippen LogP contribution in [0.4, 0.5) is 16.0 Å². The molecule has 3 heterocycles. The number of fused-ring (bicyclic) bond motifs is 3. The number of anilines is 2. The van der Waals surface area contributed by atoms with Crippen LogP contribution < -0.4 is 10.6 Å². The summed E-state index contributed by atoms with van der Waals surface area (Å²) in [5.74, 6) is -0.127. The van der Waals surface area contributed by atoms with Gasteiger partial charge in [-0.1, -0.05) is 43.3 Å². The number of nitrogens with zero attached hydrogens (tertiary/aromatic N) is 4. The van der Waals surface area contributed by atoms with Crippen LogP contribution in [0.3, 0.4) is 0 Å². The number of carbonyl (C=O) groups is 1. The Morgan fingerprint density at radius 1 is 0.929 bits per heavy atom. The van der Waals surface area contributed by atoms with E-state index >= 15 is 0 Å². The molecule has 1 amide bonds. The van der Waals surface area contributed by atoms with Gasteiger partial charge in [0.05, 0.1) is 18.0 Å². The van der Waals surface area contributed by atoms with Crippen molar-refractivity contribution in [3.05, 3.63) is 136 Å². The van der Waals surface area contributed by atoms with E-state index in [1.807, 2.05) is 18.2 Å². The van der Waals surface area contributed by atoms with Crippen LogP contribution in [0.25, 0.3) is 11.3 Å². The summed E-state index contributed by atoms with van der Waals surface area (Å²) >= 11 is 6.35. The summed E-state index contributed by atoms with van der Waals surface area (Å²) in [6, 6.07) is 22.9. The van der Waals surface area contributed by atoms with Gasteiger partial charge in [-0.2, -0.15) is 0 Å². The van der Waals surface area contributed by atoms with Gasteiger partial charge in [-0.15, -0.1) is 0 Å². The van der Waals surface area contributed by atoms with Crippen LogP contribution in [0, 0.1) is 5.82 Å². The number of nitrogens with one attached hydrogen (secondary N) is 2. The van der Waals surface area contributed by atoms with E-state index in [1.165, 1.54) is 6.07 Å². The van der Waals surface area contributed by atoms with Crippen molar-refractivity contribution >= 4 is 34.9 Å². The number of hydrogen-bond acceptors (Lipinski definition) is 6. The Labute approximate surface area is 248 Å². The topological polar surface area (TPSA) is 92.2 Å². The smallest absolute Gasteiger partial charge is 0.251 e. The second kappa shape index (κ2) is 12.7. The lowest BCUT2D eigenvalue weighted by atomic mass is 9.95. The second-order valence-electron chi connectivity index (χ2n) is 9.47. The van der Waals surface area contributed by atoms with Crippen molar-refractivity contribution in [3.8, 4) is 11.3 Å². The van der Waals surface area contributed by atoms with Crippen molar-refractivity contribution in [2.24, 2.45) is 4.99 Å². The van der Waals surface area contributed by atoms with Crippen LogP contribution in [-0.4, -0.2) is 33.1 Å². The first-order valence-corrected chi connectivity index (χ1v) is 13.4. The molecule has 3 aromatic carbocycles. The molecular formula is C33H28ClFN6O. The Hall–Kier alpha value is -4.95. The number of carbonyl (C=O) groups excluding carboxylic acids is 1. The van der Waals surface area contributed by atoms with Crippen LogP contribution in [0.1, 0.15) is 40.0 Å². The summed E-state index contributed by atoms with van der Waals surface area (Å²) in [6.45, 7) is 0.804. The van der Waals surface area contributed by atoms with Crippen molar-refractivity contribution in [1.29, 1.82) is 0 Å². The quantitative estimate of drug-likeness (QED) is 0.216. The molecule has 2 N–H and O–H groups in total. The highest BCUT2D eigenvalue weighted by molar-refractivity contribution is 6.31. The molecule has 42 heavy (non-hydrogen) atoms. The molecule has 0 fully saturated rings. The van der Waals surface area contributed by atoms with Crippen LogP contribution in [0.2, 0.25) is 5.02 Å². The summed E-state index contributed by atoms with van der Waals surface area (Å²) < 4.78 is 14.8. The molecule has 0 bridgehead atoms. The maximum Gasteiger partial charge on any atom is 0.251 e. The zero-order chi connectivity index (χ0) is 28.2. The van der Waals surface area contributed by atoms with Crippen molar-refractivity contribution in [2.75, 3.05) is 11.9 Å². The highest BCUT2D eigenvalue weighted by Crippen LogP contribution is 2.34. The molecule has 5 aromatic rings. The molecule has 1 aliphatic heterocycles. The highest BCUT2D eigenvalue weighted by Gasteiger charge is 2.23. The van der Waals surface area contributed by atoms with Gasteiger partial charge in [-0.3, -0.25) is 14.8 Å². The average Bonchev–Trinajstić information content (AvgIpc) is 3.14. The van der Waals surface area contributed by atoms with Crippen LogP contribution in [0.5, 0.6) is 0 Å². The molecule has 2 aromatic heterocycles. The third-order valence-corrected chi connectivity index (χ3v) is 6.95. The van der Waals surface area contributed by atoms with E-state index in [0.717, 1.165) is 22.4 Å². The molecule has 6 rings (SSSR count). The molecule has 9 heteroatoms. The fraction of sp³-hybridized carbons (Fsp3) is 0.121. The van der Waals surface area contributed by atoms with Crippen molar-refractivity contribution in [2.45, 2.75) is 20.4 Å². The summed E-state index contributed by atoms with van der Waals surface area (Å²) in [7, 11) is 0. The third kappa shape index (κ3) is 6.19. The normalized spacial score (nSPS) is 11.7. The Kier molecular flexibility index (Phi) is 8.64. The summed E-state index contributed by atoms with van der Waals surface area (Å²) in [6.07, 6.45) is 5.94. The SMILES string of the molecule is C.O=C(NCCc1cccnc1)c1ccc(Nc2ncc3c(n2)-c2ccc(Cl)cc2C(c2ccccc2F)=NC3)cc1. The number of aromatic nitrogens is 3. The zero-order valence-corrected chi connectivity index (χ0v) is 22.6. The molecule has 0 saturated carbocycles. The third-order valence-electron chi connectivity index (χ3n) is 6.72. The molecule has 0 spiro atoms. The average molecular weight is 579 g/mol. The first-order chi connectivity index (χ1) is 20.0. The van der Waals surface area contributed by atoms with E-state index in [1.54, 1.807) is 73.2 Å². The molecule has 0 saturated heterocycles. The maximum atomic E-state index is 14.8. The van der Waals surface area contributed by atoms with Crippen molar-refractivity contribution < 1.29 is 9.18 Å². The maximum absolute atomic E-state index is 14.8. The Morgan fingerprint density at radius 2 is 1.76 bits per heavy atom. The molecule has 0 aliphatic carbocycles. The number of hydrogen-bond donors (Lipinski definition) is 2. The van der Waals surface area contributed by atoms with Gasteiger partial charge in [0, 0.05) is 63.7 Å². The molecular weight excluding hydrogens is 551 g/mol. The second-order valence-corrected chi connectivity index (χ2v) is 9.91. The van der Waals surface area contributed by atoms with Crippen molar-refractivity contribution in [1.82, 2.24) is 20.3 Å². The van der Waals surface area contributed by atoms with Crippen LogP contribution >= 0.6 is 11.6 Å². The summed E-state index contributed by atoms with van der Waals surface area (Å²) in [5, 5.41) is 6.67. The molecule has 7 nitrogen and oxygen atoms in total. The van der Waals surface area contributed by atoms with E-state index in [-0.39, 0.29) is 25.7 Å². The van der Waals surface area contributed by atoms with E-state index in [2.05, 4.69) is 20.6 Å². The lowest BCUT2D eigenvalue weighted by Crippen LogP contribution is -2.25. The lowest BCUT2D eigenvalue weighted by molar-refractivity contribution is 0.0954. The monoisotopic (exact) mass is 578 g/mol. The minimum atomic E-state index is -0.359. The van der Waals surface area contributed by atoms with Gasteiger partial charge in [-0.05, 0) is 66.6 Å². The van der Waals surface area contributed by atoms with Gasteiger partial charge in [0.15, 0.2) is 0 Å². The van der Waals surface area contributed by atoms with E-state index in [9.17, 15) is 9.18 Å². The number of halogens is 2. The first kappa shape index (κ1) is 28.6. The van der Waals surface area contributed by atoms with E-state index in [4.69, 9.17) is 21.6 Å². The van der Waals surface area contributed by atoms with E-state index < -0.39 is 0 Å². The zero-order valence-electron chi connectivity index (χ0n) is 21.8. The van der Waals surface area contributed by atoms with Crippen molar-refractivity contribution in [3.63, 3.8) is 0 Å². The minimum absolute atomic E-state index is 0. The number of benzene rings is 3. The highest BCUT2D eigenvalue weighted by atomic mass is 35.5. The van der Waals surface area contributed by atoms with Gasteiger partial charge < -0.3 is 10.6 Å². The number of pyridine rings is 1. The summed E-state index contributed by atoms with van der Waals surface area (Å²) in [4.78, 5) is 30.7. The standard InChI is InChI=1S/C32H24ClFN6O.CH4/c33-23-9-12-25-27(16-23)30(26-5-1-2-6-28(26)34)37-18-22-19-38-32(40-29(22)25)39-24-10-7-21(8-11-24)31(41)36-15-13-20-4-3-14-35-17-20;/h1-12,14,16-17,19H,13,15,18H2,(H,36,41)(H,38,39,40);1H4. The predicted molar refractivity (Wildman–Crippen MR) is 165 cm³/mol.